The summed E-state index contributed by atoms with van der Waals surface area (Å²) in [5.41, 5.74) is 2.24. The number of halogens is 1. The molecule has 21 heavy (non-hydrogen) atoms. The van der Waals surface area contributed by atoms with Gasteiger partial charge in [-0.2, -0.15) is 4.31 Å². The number of sulfonamides is 1. The Kier molecular flexibility index (Phi) is 4.59. The van der Waals surface area contributed by atoms with Gasteiger partial charge in [0.25, 0.3) is 0 Å². The van der Waals surface area contributed by atoms with Crippen LogP contribution in [0.15, 0.2) is 21.6 Å². The molecule has 8 nitrogen and oxygen atoms in total. The van der Waals surface area contributed by atoms with Crippen molar-refractivity contribution in [1.82, 2.24) is 9.29 Å². The van der Waals surface area contributed by atoms with Crippen molar-refractivity contribution < 1.29 is 16.8 Å². The fraction of sp³-hybridized carbons (Fsp3) is 0.500. The van der Waals surface area contributed by atoms with E-state index in [0.29, 0.717) is 4.47 Å². The second-order valence-electron chi connectivity index (χ2n) is 4.72. The highest BCUT2D eigenvalue weighted by Crippen LogP contribution is 2.28. The average molecular weight is 399 g/mol. The van der Waals surface area contributed by atoms with Gasteiger partial charge < -0.3 is 5.43 Å². The van der Waals surface area contributed by atoms with E-state index in [2.05, 4.69) is 26.3 Å². The molecule has 1 aromatic rings. The fourth-order valence-electron chi connectivity index (χ4n) is 2.19. The lowest BCUT2D eigenvalue weighted by molar-refractivity contribution is 0.357. The molecule has 1 unspecified atom stereocenters. The van der Waals surface area contributed by atoms with Gasteiger partial charge in [0.05, 0.1) is 11.5 Å². The van der Waals surface area contributed by atoms with Crippen LogP contribution in [0.2, 0.25) is 0 Å². The summed E-state index contributed by atoms with van der Waals surface area (Å²) in [4.78, 5) is 3.81. The Morgan fingerprint density at radius 2 is 2.19 bits per heavy atom. The summed E-state index contributed by atoms with van der Waals surface area (Å²) in [6.07, 6.45) is 1.41. The highest BCUT2D eigenvalue weighted by molar-refractivity contribution is 9.10. The van der Waals surface area contributed by atoms with Crippen molar-refractivity contribution in [2.24, 2.45) is 5.84 Å². The van der Waals surface area contributed by atoms with Crippen molar-refractivity contribution in [1.29, 1.82) is 0 Å². The highest BCUT2D eigenvalue weighted by atomic mass is 79.9. The predicted molar refractivity (Wildman–Crippen MR) is 81.8 cm³/mol. The Labute approximate surface area is 131 Å². The fourth-order valence-corrected chi connectivity index (χ4v) is 6.21. The van der Waals surface area contributed by atoms with Gasteiger partial charge in [-0.1, -0.05) is 0 Å². The van der Waals surface area contributed by atoms with Crippen molar-refractivity contribution >= 4 is 41.6 Å². The molecule has 0 aromatic carbocycles. The molecule has 2 rings (SSSR count). The number of anilines is 1. The van der Waals surface area contributed by atoms with Crippen molar-refractivity contribution in [3.63, 3.8) is 0 Å². The molecule has 1 aromatic heterocycles. The third kappa shape index (κ3) is 3.37. The monoisotopic (exact) mass is 398 g/mol. The molecule has 0 saturated carbocycles. The number of aromatic nitrogens is 1. The number of hydrazine groups is 1. The van der Waals surface area contributed by atoms with Gasteiger partial charge in [-0.15, -0.1) is 0 Å². The van der Waals surface area contributed by atoms with Crippen LogP contribution >= 0.6 is 15.9 Å². The lowest BCUT2D eigenvalue weighted by Crippen LogP contribution is -2.49. The van der Waals surface area contributed by atoms with Crippen molar-refractivity contribution in [2.75, 3.05) is 23.5 Å². The molecule has 2 heterocycles. The summed E-state index contributed by atoms with van der Waals surface area (Å²) in [5.74, 6) is 4.92. The van der Waals surface area contributed by atoms with Gasteiger partial charge in [0.1, 0.15) is 4.90 Å². The van der Waals surface area contributed by atoms with Crippen LogP contribution < -0.4 is 11.3 Å². The van der Waals surface area contributed by atoms with E-state index in [1.54, 1.807) is 6.92 Å². The van der Waals surface area contributed by atoms with Gasteiger partial charge in [0.15, 0.2) is 15.7 Å². The van der Waals surface area contributed by atoms with Gasteiger partial charge in [0.2, 0.25) is 10.0 Å². The predicted octanol–water partition coefficient (Wildman–Crippen LogP) is -0.0627. The molecule has 118 valence electrons. The van der Waals surface area contributed by atoms with Crippen LogP contribution in [0.5, 0.6) is 0 Å². The Bertz CT molecular complexity index is 750. The van der Waals surface area contributed by atoms with Gasteiger partial charge in [-0.25, -0.2) is 27.7 Å². The first-order valence-corrected chi connectivity index (χ1v) is 10.1. The number of nitrogens with two attached hydrogens (primary N) is 1. The highest BCUT2D eigenvalue weighted by Gasteiger charge is 2.37. The van der Waals surface area contributed by atoms with Gasteiger partial charge >= 0.3 is 0 Å². The molecule has 1 atom stereocenters. The maximum Gasteiger partial charge on any atom is 0.247 e. The Morgan fingerprint density at radius 3 is 2.76 bits per heavy atom. The SMILES string of the molecule is CC1CS(=O)(=O)CCN1S(=O)(=O)c1cc(Br)cnc1NN. The minimum atomic E-state index is -3.89. The van der Waals surface area contributed by atoms with E-state index in [0.717, 1.165) is 0 Å². The molecule has 0 bridgehead atoms. The Hall–Kier alpha value is -0.750. The number of pyridine rings is 1. The van der Waals surface area contributed by atoms with Crippen LogP contribution in [-0.2, 0) is 19.9 Å². The first-order chi connectivity index (χ1) is 9.67. The van der Waals surface area contributed by atoms with Gasteiger partial charge in [0, 0.05) is 23.3 Å². The third-order valence-corrected chi connectivity index (χ3v) is 7.41. The summed E-state index contributed by atoms with van der Waals surface area (Å²) >= 11 is 3.17. The Balaban J connectivity index is 2.46. The third-order valence-electron chi connectivity index (χ3n) is 3.15. The molecule has 0 amide bonds. The number of rotatable bonds is 3. The molecular weight excluding hydrogens is 384 g/mol. The van der Waals surface area contributed by atoms with Crippen LogP contribution in [-0.4, -0.2) is 50.2 Å². The minimum Gasteiger partial charge on any atom is -0.307 e. The molecule has 11 heteroatoms. The van der Waals surface area contributed by atoms with E-state index < -0.39 is 25.9 Å². The number of sulfone groups is 1. The molecular formula is C10H15BrN4O4S2. The Morgan fingerprint density at radius 1 is 1.52 bits per heavy atom. The number of hydrogen-bond acceptors (Lipinski definition) is 7. The summed E-state index contributed by atoms with van der Waals surface area (Å²) < 4.78 is 50.2. The molecule has 0 radical (unpaired) electrons. The van der Waals surface area contributed by atoms with E-state index in [1.807, 2.05) is 0 Å². The second-order valence-corrected chi connectivity index (χ2v) is 9.73. The minimum absolute atomic E-state index is 0.0128. The van der Waals surface area contributed by atoms with Crippen LogP contribution in [0, 0.1) is 0 Å². The molecule has 1 fully saturated rings. The smallest absolute Gasteiger partial charge is 0.247 e. The van der Waals surface area contributed by atoms with E-state index in [-0.39, 0.29) is 28.8 Å². The van der Waals surface area contributed by atoms with Gasteiger partial charge in [-0.3, -0.25) is 0 Å². The molecule has 1 aliphatic heterocycles. The van der Waals surface area contributed by atoms with Crippen molar-refractivity contribution in [3.05, 3.63) is 16.7 Å². The summed E-state index contributed by atoms with van der Waals surface area (Å²) in [5, 5.41) is 0. The zero-order valence-corrected chi connectivity index (χ0v) is 14.4. The standard InChI is InChI=1S/C10H15BrN4O4S2/c1-7-6-20(16,17)3-2-15(7)21(18,19)9-4-8(11)5-13-10(9)14-12/h4-5,7H,2-3,6,12H2,1H3,(H,13,14). The molecule has 1 saturated heterocycles. The first-order valence-electron chi connectivity index (χ1n) is 6.02. The van der Waals surface area contributed by atoms with Crippen LogP contribution in [0.4, 0.5) is 5.82 Å². The number of hydrogen-bond donors (Lipinski definition) is 2. The topological polar surface area (TPSA) is 122 Å². The second kappa shape index (κ2) is 5.80. The van der Waals surface area contributed by atoms with Crippen molar-refractivity contribution in [2.45, 2.75) is 17.9 Å². The summed E-state index contributed by atoms with van der Waals surface area (Å²) in [6.45, 7) is 1.48. The molecule has 0 spiro atoms. The summed E-state index contributed by atoms with van der Waals surface area (Å²) in [7, 11) is -7.10. The maximum atomic E-state index is 12.7. The van der Waals surface area contributed by atoms with E-state index in [1.165, 1.54) is 16.6 Å². The normalized spacial score (nSPS) is 22.9. The number of nitrogens with one attached hydrogen (secondary N) is 1. The van der Waals surface area contributed by atoms with E-state index in [9.17, 15) is 16.8 Å². The van der Waals surface area contributed by atoms with Crippen LogP contribution in [0.1, 0.15) is 6.92 Å². The number of nitrogen functional groups attached to an aromatic ring is 1. The lowest BCUT2D eigenvalue weighted by Gasteiger charge is -2.32. The van der Waals surface area contributed by atoms with E-state index >= 15 is 0 Å². The summed E-state index contributed by atoms with van der Waals surface area (Å²) in [6, 6.07) is 0.742. The van der Waals surface area contributed by atoms with Crippen molar-refractivity contribution in [3.8, 4) is 0 Å². The molecule has 1 aliphatic rings. The van der Waals surface area contributed by atoms with Gasteiger partial charge in [-0.05, 0) is 28.9 Å². The molecule has 3 N–H and O–H groups in total. The quantitative estimate of drug-likeness (QED) is 0.539. The zero-order chi connectivity index (χ0) is 15.8. The zero-order valence-electron chi connectivity index (χ0n) is 11.2. The van der Waals surface area contributed by atoms with Crippen LogP contribution in [0.25, 0.3) is 0 Å². The average Bonchev–Trinajstić information content (AvgIpc) is 2.37. The van der Waals surface area contributed by atoms with E-state index in [4.69, 9.17) is 5.84 Å². The van der Waals surface area contributed by atoms with Crippen LogP contribution in [0.3, 0.4) is 0 Å². The first kappa shape index (κ1) is 16.6. The maximum absolute atomic E-state index is 12.7. The largest absolute Gasteiger partial charge is 0.307 e. The number of nitrogens with zero attached hydrogens (tertiary/aromatic N) is 2. The molecule has 0 aliphatic carbocycles. The lowest BCUT2D eigenvalue weighted by atomic mass is 10.4.